The van der Waals surface area contributed by atoms with Crippen LogP contribution in [0.25, 0.3) is 0 Å². The van der Waals surface area contributed by atoms with Crippen LogP contribution in [-0.2, 0) is 6.54 Å². The van der Waals surface area contributed by atoms with Gasteiger partial charge in [-0.3, -0.25) is 4.90 Å². The van der Waals surface area contributed by atoms with Gasteiger partial charge in [0.2, 0.25) is 0 Å². The van der Waals surface area contributed by atoms with Gasteiger partial charge in [0.1, 0.15) is 0 Å². The van der Waals surface area contributed by atoms with Crippen LogP contribution in [0.15, 0.2) is 29.2 Å². The Morgan fingerprint density at radius 3 is 2.47 bits per heavy atom. The van der Waals surface area contributed by atoms with Crippen molar-refractivity contribution in [2.75, 3.05) is 25.9 Å². The van der Waals surface area contributed by atoms with E-state index >= 15 is 0 Å². The number of likely N-dealkylation sites (tertiary alicyclic amines) is 1. The number of hydrogen-bond donors (Lipinski definition) is 1. The van der Waals surface area contributed by atoms with Crippen LogP contribution in [0, 0.1) is 0 Å². The van der Waals surface area contributed by atoms with Gasteiger partial charge in [-0.1, -0.05) is 18.6 Å². The fraction of sp³-hybridized carbons (Fsp3) is 0.625. The van der Waals surface area contributed by atoms with Gasteiger partial charge in [-0.2, -0.15) is 0 Å². The summed E-state index contributed by atoms with van der Waals surface area (Å²) in [4.78, 5) is 3.96. The van der Waals surface area contributed by atoms with E-state index in [0.717, 1.165) is 13.1 Å². The lowest BCUT2D eigenvalue weighted by Gasteiger charge is -2.32. The Kier molecular flexibility index (Phi) is 6.21. The van der Waals surface area contributed by atoms with Crippen LogP contribution in [0.4, 0.5) is 0 Å². The van der Waals surface area contributed by atoms with Crippen molar-refractivity contribution in [2.45, 2.75) is 43.7 Å². The molecule has 1 aromatic rings. The van der Waals surface area contributed by atoms with Crippen molar-refractivity contribution in [3.8, 4) is 0 Å². The van der Waals surface area contributed by atoms with Gasteiger partial charge in [-0.05, 0) is 56.8 Å². The van der Waals surface area contributed by atoms with Gasteiger partial charge in [0.15, 0.2) is 0 Å². The minimum Gasteiger partial charge on any atom is -0.311 e. The predicted octanol–water partition coefficient (Wildman–Crippen LogP) is 3.37. The fourth-order valence-corrected chi connectivity index (χ4v) is 3.07. The topological polar surface area (TPSA) is 15.3 Å². The molecule has 0 bridgehead atoms. The highest BCUT2D eigenvalue weighted by Gasteiger charge is 2.15. The summed E-state index contributed by atoms with van der Waals surface area (Å²) >= 11 is 1.80. The molecule has 19 heavy (non-hydrogen) atoms. The van der Waals surface area contributed by atoms with Gasteiger partial charge in [0.05, 0.1) is 0 Å². The van der Waals surface area contributed by atoms with Gasteiger partial charge in [0, 0.05) is 24.0 Å². The molecule has 0 saturated carbocycles. The molecular weight excluding hydrogens is 252 g/mol. The predicted molar refractivity (Wildman–Crippen MR) is 84.8 cm³/mol. The maximum atomic E-state index is 3.59. The van der Waals surface area contributed by atoms with E-state index in [0.29, 0.717) is 6.04 Å². The Balaban J connectivity index is 1.69. The monoisotopic (exact) mass is 278 g/mol. The number of thioether (sulfide) groups is 1. The van der Waals surface area contributed by atoms with Crippen molar-refractivity contribution in [2.24, 2.45) is 0 Å². The Morgan fingerprint density at radius 2 is 1.84 bits per heavy atom. The zero-order chi connectivity index (χ0) is 13.5. The van der Waals surface area contributed by atoms with E-state index in [-0.39, 0.29) is 0 Å². The third-order valence-corrected chi connectivity index (χ3v) is 4.69. The number of benzene rings is 1. The van der Waals surface area contributed by atoms with Crippen molar-refractivity contribution < 1.29 is 0 Å². The SMILES string of the molecule is CSc1ccc(CNCC(C)N2CCCCC2)cc1. The molecule has 0 spiro atoms. The van der Waals surface area contributed by atoms with Crippen LogP contribution < -0.4 is 5.32 Å². The molecule has 1 aromatic carbocycles. The molecule has 0 aliphatic carbocycles. The van der Waals surface area contributed by atoms with Crippen LogP contribution in [0.5, 0.6) is 0 Å². The molecule has 1 heterocycles. The van der Waals surface area contributed by atoms with E-state index in [9.17, 15) is 0 Å². The molecular formula is C16H26N2S. The summed E-state index contributed by atoms with van der Waals surface area (Å²) in [5.41, 5.74) is 1.38. The molecule has 3 heteroatoms. The van der Waals surface area contributed by atoms with Crippen LogP contribution in [0.1, 0.15) is 31.7 Å². The number of rotatable bonds is 6. The van der Waals surface area contributed by atoms with Gasteiger partial charge in [0.25, 0.3) is 0 Å². The number of nitrogens with zero attached hydrogens (tertiary/aromatic N) is 1. The first-order valence-corrected chi connectivity index (χ1v) is 8.60. The van der Waals surface area contributed by atoms with Gasteiger partial charge >= 0.3 is 0 Å². The second kappa shape index (κ2) is 7.93. The summed E-state index contributed by atoms with van der Waals surface area (Å²) in [5, 5.41) is 3.59. The second-order valence-corrected chi connectivity index (χ2v) is 6.30. The number of piperidine rings is 1. The fourth-order valence-electron chi connectivity index (χ4n) is 2.66. The number of nitrogens with one attached hydrogen (secondary N) is 1. The quantitative estimate of drug-likeness (QED) is 0.803. The van der Waals surface area contributed by atoms with Crippen molar-refractivity contribution in [3.05, 3.63) is 29.8 Å². The van der Waals surface area contributed by atoms with Crippen molar-refractivity contribution in [3.63, 3.8) is 0 Å². The van der Waals surface area contributed by atoms with E-state index in [2.05, 4.69) is 47.7 Å². The molecule has 1 fully saturated rings. The van der Waals surface area contributed by atoms with E-state index in [1.807, 2.05) is 0 Å². The maximum Gasteiger partial charge on any atom is 0.0206 e. The molecule has 0 amide bonds. The van der Waals surface area contributed by atoms with E-state index in [4.69, 9.17) is 0 Å². The van der Waals surface area contributed by atoms with Gasteiger partial charge < -0.3 is 5.32 Å². The summed E-state index contributed by atoms with van der Waals surface area (Å²) in [7, 11) is 0. The molecule has 1 aliphatic heterocycles. The highest BCUT2D eigenvalue weighted by atomic mass is 32.2. The minimum absolute atomic E-state index is 0.658. The molecule has 1 N–H and O–H groups in total. The Labute approximate surface area is 122 Å². The molecule has 1 unspecified atom stereocenters. The zero-order valence-electron chi connectivity index (χ0n) is 12.2. The molecule has 0 aromatic heterocycles. The Hall–Kier alpha value is -0.510. The van der Waals surface area contributed by atoms with Crippen LogP contribution in [0.2, 0.25) is 0 Å². The van der Waals surface area contributed by atoms with Crippen LogP contribution in [0.3, 0.4) is 0 Å². The second-order valence-electron chi connectivity index (χ2n) is 5.42. The average Bonchev–Trinajstić information content (AvgIpc) is 2.49. The maximum absolute atomic E-state index is 3.59. The Morgan fingerprint density at radius 1 is 1.16 bits per heavy atom. The zero-order valence-corrected chi connectivity index (χ0v) is 13.0. The van der Waals surface area contributed by atoms with Crippen LogP contribution >= 0.6 is 11.8 Å². The summed E-state index contributed by atoms with van der Waals surface area (Å²) in [6.45, 7) is 6.97. The molecule has 106 valence electrons. The van der Waals surface area contributed by atoms with Crippen molar-refractivity contribution in [1.29, 1.82) is 0 Å². The largest absolute Gasteiger partial charge is 0.311 e. The number of hydrogen-bond acceptors (Lipinski definition) is 3. The minimum atomic E-state index is 0.658. The molecule has 1 saturated heterocycles. The van der Waals surface area contributed by atoms with Crippen molar-refractivity contribution in [1.82, 2.24) is 10.2 Å². The van der Waals surface area contributed by atoms with Gasteiger partial charge in [-0.25, -0.2) is 0 Å². The summed E-state index contributed by atoms with van der Waals surface area (Å²) in [6.07, 6.45) is 6.28. The normalized spacial score (nSPS) is 18.4. The lowest BCUT2D eigenvalue weighted by Crippen LogP contribution is -2.42. The van der Waals surface area contributed by atoms with E-state index in [1.165, 1.54) is 42.8 Å². The summed E-state index contributed by atoms with van der Waals surface area (Å²) in [6, 6.07) is 9.52. The molecule has 1 atom stereocenters. The molecule has 0 radical (unpaired) electrons. The molecule has 1 aliphatic rings. The van der Waals surface area contributed by atoms with Gasteiger partial charge in [-0.15, -0.1) is 11.8 Å². The van der Waals surface area contributed by atoms with E-state index in [1.54, 1.807) is 11.8 Å². The third-order valence-electron chi connectivity index (χ3n) is 3.94. The summed E-state index contributed by atoms with van der Waals surface area (Å²) in [5.74, 6) is 0. The Bertz CT molecular complexity index is 358. The van der Waals surface area contributed by atoms with Crippen molar-refractivity contribution >= 4 is 11.8 Å². The standard InChI is InChI=1S/C16H26N2S/c1-14(18-10-4-3-5-11-18)12-17-13-15-6-8-16(19-2)9-7-15/h6-9,14,17H,3-5,10-13H2,1-2H3. The average molecular weight is 278 g/mol. The third kappa shape index (κ3) is 4.83. The highest BCUT2D eigenvalue weighted by Crippen LogP contribution is 2.15. The molecule has 2 rings (SSSR count). The highest BCUT2D eigenvalue weighted by molar-refractivity contribution is 7.98. The van der Waals surface area contributed by atoms with E-state index < -0.39 is 0 Å². The first-order valence-electron chi connectivity index (χ1n) is 7.37. The summed E-state index contributed by atoms with van der Waals surface area (Å²) < 4.78 is 0. The smallest absolute Gasteiger partial charge is 0.0206 e. The lowest BCUT2D eigenvalue weighted by molar-refractivity contribution is 0.170. The first kappa shape index (κ1) is 14.9. The first-order chi connectivity index (χ1) is 9.29. The molecule has 2 nitrogen and oxygen atoms in total. The lowest BCUT2D eigenvalue weighted by atomic mass is 10.1. The van der Waals surface area contributed by atoms with Crippen LogP contribution in [-0.4, -0.2) is 36.8 Å².